The predicted molar refractivity (Wildman–Crippen MR) is 72.5 cm³/mol. The van der Waals surface area contributed by atoms with Gasteiger partial charge in [0.25, 0.3) is 0 Å². The summed E-state index contributed by atoms with van der Waals surface area (Å²) < 4.78 is 0. The van der Waals surface area contributed by atoms with Crippen LogP contribution in [0.15, 0.2) is 12.1 Å². The van der Waals surface area contributed by atoms with Crippen molar-refractivity contribution >= 4 is 0 Å². The van der Waals surface area contributed by atoms with Crippen LogP contribution in [0.5, 0.6) is 0 Å². The molecule has 17 heavy (non-hydrogen) atoms. The molecule has 0 heterocycles. The van der Waals surface area contributed by atoms with Crippen molar-refractivity contribution in [2.75, 3.05) is 0 Å². The number of hydrogen-bond donors (Lipinski definition) is 1. The molecule has 1 saturated carbocycles. The smallest absolute Gasteiger partial charge is 0.0546 e. The standard InChI is InChI=1S/C16H24O/c1-11-8-13(3)16(9-12(11)2)14-6-4-5-7-15(17)10-14/h8-9,14-15,17H,4-7,10H2,1-3H3. The summed E-state index contributed by atoms with van der Waals surface area (Å²) in [5.41, 5.74) is 5.62. The largest absolute Gasteiger partial charge is 0.393 e. The molecule has 2 unspecified atom stereocenters. The Kier molecular flexibility index (Phi) is 3.88. The lowest BCUT2D eigenvalue weighted by molar-refractivity contribution is 0.152. The number of aliphatic hydroxyl groups excluding tert-OH is 1. The van der Waals surface area contributed by atoms with Gasteiger partial charge < -0.3 is 5.11 Å². The lowest BCUT2D eigenvalue weighted by atomic mass is 9.86. The van der Waals surface area contributed by atoms with E-state index in [0.29, 0.717) is 5.92 Å². The summed E-state index contributed by atoms with van der Waals surface area (Å²) in [5, 5.41) is 9.94. The van der Waals surface area contributed by atoms with E-state index in [0.717, 1.165) is 12.8 Å². The fourth-order valence-electron chi connectivity index (χ4n) is 3.04. The van der Waals surface area contributed by atoms with Crippen molar-refractivity contribution in [3.05, 3.63) is 34.4 Å². The molecule has 0 amide bonds. The van der Waals surface area contributed by atoms with Gasteiger partial charge in [0.2, 0.25) is 0 Å². The molecule has 2 atom stereocenters. The van der Waals surface area contributed by atoms with Gasteiger partial charge in [-0.1, -0.05) is 25.0 Å². The van der Waals surface area contributed by atoms with Gasteiger partial charge in [-0.3, -0.25) is 0 Å². The molecule has 1 aromatic carbocycles. The summed E-state index contributed by atoms with van der Waals surface area (Å²) in [7, 11) is 0. The molecule has 0 radical (unpaired) electrons. The number of aryl methyl sites for hydroxylation is 3. The van der Waals surface area contributed by atoms with Crippen LogP contribution in [0.25, 0.3) is 0 Å². The van der Waals surface area contributed by atoms with Crippen LogP contribution in [0.3, 0.4) is 0 Å². The summed E-state index contributed by atoms with van der Waals surface area (Å²) in [6.07, 6.45) is 5.52. The normalized spacial score (nSPS) is 25.6. The van der Waals surface area contributed by atoms with E-state index in [4.69, 9.17) is 0 Å². The van der Waals surface area contributed by atoms with Gasteiger partial charge in [0.05, 0.1) is 6.10 Å². The van der Waals surface area contributed by atoms with Gasteiger partial charge in [-0.15, -0.1) is 0 Å². The Balaban J connectivity index is 2.28. The molecule has 1 aliphatic carbocycles. The Labute approximate surface area is 105 Å². The zero-order chi connectivity index (χ0) is 12.4. The third kappa shape index (κ3) is 2.90. The average Bonchev–Trinajstić information content (AvgIpc) is 2.48. The summed E-state index contributed by atoms with van der Waals surface area (Å²) in [6, 6.07) is 4.63. The minimum absolute atomic E-state index is 0.0940. The highest BCUT2D eigenvalue weighted by Crippen LogP contribution is 2.34. The summed E-state index contributed by atoms with van der Waals surface area (Å²) in [5.74, 6) is 0.562. The Morgan fingerprint density at radius 2 is 1.59 bits per heavy atom. The van der Waals surface area contributed by atoms with Gasteiger partial charge in [-0.2, -0.15) is 0 Å². The molecule has 1 heteroatoms. The fraction of sp³-hybridized carbons (Fsp3) is 0.625. The van der Waals surface area contributed by atoms with Crippen LogP contribution in [0.1, 0.15) is 60.3 Å². The second-order valence-corrected chi connectivity index (χ2v) is 5.66. The van der Waals surface area contributed by atoms with Crippen molar-refractivity contribution < 1.29 is 5.11 Å². The Hall–Kier alpha value is -0.820. The minimum Gasteiger partial charge on any atom is -0.393 e. The second-order valence-electron chi connectivity index (χ2n) is 5.66. The van der Waals surface area contributed by atoms with Crippen LogP contribution in [-0.2, 0) is 0 Å². The van der Waals surface area contributed by atoms with Gasteiger partial charge in [0, 0.05) is 0 Å². The van der Waals surface area contributed by atoms with Crippen LogP contribution >= 0.6 is 0 Å². The van der Waals surface area contributed by atoms with Crippen molar-refractivity contribution in [1.82, 2.24) is 0 Å². The number of benzene rings is 1. The molecule has 1 nitrogen and oxygen atoms in total. The monoisotopic (exact) mass is 232 g/mol. The quantitative estimate of drug-likeness (QED) is 0.725. The third-order valence-corrected chi connectivity index (χ3v) is 4.22. The van der Waals surface area contributed by atoms with E-state index in [1.807, 2.05) is 0 Å². The molecule has 0 saturated heterocycles. The predicted octanol–water partition coefficient (Wildman–Crippen LogP) is 4.02. The number of aliphatic hydroxyl groups is 1. The van der Waals surface area contributed by atoms with E-state index in [9.17, 15) is 5.11 Å². The molecule has 0 spiro atoms. The van der Waals surface area contributed by atoms with Gasteiger partial charge in [0.15, 0.2) is 0 Å². The topological polar surface area (TPSA) is 20.2 Å². The number of hydrogen-bond acceptors (Lipinski definition) is 1. The van der Waals surface area contributed by atoms with Crippen molar-refractivity contribution in [3.63, 3.8) is 0 Å². The Morgan fingerprint density at radius 3 is 2.35 bits per heavy atom. The maximum atomic E-state index is 9.94. The molecule has 2 rings (SSSR count). The van der Waals surface area contributed by atoms with E-state index in [-0.39, 0.29) is 6.10 Å². The first kappa shape index (κ1) is 12.6. The summed E-state index contributed by atoms with van der Waals surface area (Å²) in [6.45, 7) is 6.57. The van der Waals surface area contributed by atoms with Gasteiger partial charge in [-0.25, -0.2) is 0 Å². The van der Waals surface area contributed by atoms with Crippen LogP contribution in [0, 0.1) is 20.8 Å². The van der Waals surface area contributed by atoms with E-state index >= 15 is 0 Å². The molecule has 1 aliphatic rings. The maximum Gasteiger partial charge on any atom is 0.0546 e. The molecule has 1 N–H and O–H groups in total. The second kappa shape index (κ2) is 5.22. The zero-order valence-corrected chi connectivity index (χ0v) is 11.3. The van der Waals surface area contributed by atoms with Crippen LogP contribution < -0.4 is 0 Å². The molecular weight excluding hydrogens is 208 g/mol. The lowest BCUT2D eigenvalue weighted by Gasteiger charge is -2.20. The zero-order valence-electron chi connectivity index (χ0n) is 11.3. The molecule has 0 aliphatic heterocycles. The molecule has 94 valence electrons. The van der Waals surface area contributed by atoms with Crippen molar-refractivity contribution in [1.29, 1.82) is 0 Å². The van der Waals surface area contributed by atoms with Crippen LogP contribution in [0.4, 0.5) is 0 Å². The SMILES string of the molecule is Cc1cc(C)c(C2CCCCC(O)C2)cc1C. The first-order valence-electron chi connectivity index (χ1n) is 6.83. The lowest BCUT2D eigenvalue weighted by Crippen LogP contribution is -2.10. The first-order chi connectivity index (χ1) is 8.08. The van der Waals surface area contributed by atoms with Gasteiger partial charge >= 0.3 is 0 Å². The van der Waals surface area contributed by atoms with E-state index in [1.165, 1.54) is 41.5 Å². The van der Waals surface area contributed by atoms with Crippen molar-refractivity contribution in [2.24, 2.45) is 0 Å². The summed E-state index contributed by atoms with van der Waals surface area (Å²) in [4.78, 5) is 0. The molecule has 1 aromatic rings. The highest BCUT2D eigenvalue weighted by atomic mass is 16.3. The van der Waals surface area contributed by atoms with E-state index in [1.54, 1.807) is 0 Å². The first-order valence-corrected chi connectivity index (χ1v) is 6.83. The highest BCUT2D eigenvalue weighted by molar-refractivity contribution is 5.38. The highest BCUT2D eigenvalue weighted by Gasteiger charge is 2.21. The summed E-state index contributed by atoms with van der Waals surface area (Å²) >= 11 is 0. The minimum atomic E-state index is -0.0940. The Bertz CT molecular complexity index is 395. The third-order valence-electron chi connectivity index (χ3n) is 4.22. The molecule has 0 aromatic heterocycles. The number of rotatable bonds is 1. The average molecular weight is 232 g/mol. The molecular formula is C16H24O. The van der Waals surface area contributed by atoms with Crippen LogP contribution in [0.2, 0.25) is 0 Å². The Morgan fingerprint density at radius 1 is 0.941 bits per heavy atom. The van der Waals surface area contributed by atoms with Gasteiger partial charge in [0.1, 0.15) is 0 Å². The van der Waals surface area contributed by atoms with Crippen LogP contribution in [-0.4, -0.2) is 11.2 Å². The maximum absolute atomic E-state index is 9.94. The molecule has 1 fully saturated rings. The van der Waals surface area contributed by atoms with E-state index < -0.39 is 0 Å². The van der Waals surface area contributed by atoms with Gasteiger partial charge in [-0.05, 0) is 68.2 Å². The molecule has 0 bridgehead atoms. The van der Waals surface area contributed by atoms with Crippen molar-refractivity contribution in [2.45, 2.75) is 64.9 Å². The fourth-order valence-corrected chi connectivity index (χ4v) is 3.04. The van der Waals surface area contributed by atoms with Crippen molar-refractivity contribution in [3.8, 4) is 0 Å². The van der Waals surface area contributed by atoms with E-state index in [2.05, 4.69) is 32.9 Å².